The zero-order chi connectivity index (χ0) is 21.8. The van der Waals surface area contributed by atoms with Crippen LogP contribution in [0.15, 0.2) is 79.0 Å². The predicted octanol–water partition coefficient (Wildman–Crippen LogP) is 6.24. The van der Waals surface area contributed by atoms with E-state index in [1.165, 1.54) is 22.0 Å². The van der Waals surface area contributed by atoms with E-state index in [1.807, 2.05) is 30.3 Å². The summed E-state index contributed by atoms with van der Waals surface area (Å²) in [5, 5.41) is 5.80. The average molecular weight is 450 g/mol. The number of nitrogens with one attached hydrogen (secondary N) is 1. The van der Waals surface area contributed by atoms with Crippen LogP contribution in [0.1, 0.15) is 11.1 Å². The number of halogens is 1. The number of hydrogen-bond donors (Lipinski definition) is 1. The summed E-state index contributed by atoms with van der Waals surface area (Å²) < 4.78 is 7.63. The lowest BCUT2D eigenvalue weighted by molar-refractivity contribution is 0.410. The number of anilines is 1. The molecule has 4 nitrogen and oxygen atoms in total. The largest absolute Gasteiger partial charge is 0.495 e. The second kappa shape index (κ2) is 9.41. The first-order valence-electron chi connectivity index (χ1n) is 10.0. The molecular weight excluding hydrogens is 426 g/mol. The van der Waals surface area contributed by atoms with Gasteiger partial charge >= 0.3 is 0 Å². The molecule has 0 fully saturated rings. The molecule has 0 atom stereocenters. The standard InChI is InChI=1S/C25H24ClN3OS/c1-28-16-19(21-10-6-7-11-23(21)28)17-29(15-18-8-4-3-5-9-18)25(31)27-22-14-20(26)12-13-24(22)30-2/h3-14,16H,15,17H2,1-2H3,(H,27,31). The second-order valence-electron chi connectivity index (χ2n) is 7.40. The number of nitrogens with zero attached hydrogens (tertiary/aromatic N) is 2. The first kappa shape index (κ1) is 21.2. The highest BCUT2D eigenvalue weighted by molar-refractivity contribution is 7.80. The Hall–Kier alpha value is -3.02. The number of rotatable bonds is 6. The maximum Gasteiger partial charge on any atom is 0.174 e. The highest BCUT2D eigenvalue weighted by Crippen LogP contribution is 2.29. The van der Waals surface area contributed by atoms with Gasteiger partial charge in [-0.15, -0.1) is 0 Å². The number of aryl methyl sites for hydroxylation is 1. The van der Waals surface area contributed by atoms with Gasteiger partial charge in [0, 0.05) is 42.3 Å². The lowest BCUT2D eigenvalue weighted by Crippen LogP contribution is -2.34. The van der Waals surface area contributed by atoms with E-state index in [1.54, 1.807) is 13.2 Å². The zero-order valence-corrected chi connectivity index (χ0v) is 19.1. The monoisotopic (exact) mass is 449 g/mol. The summed E-state index contributed by atoms with van der Waals surface area (Å²) >= 11 is 12.1. The Balaban J connectivity index is 1.65. The summed E-state index contributed by atoms with van der Waals surface area (Å²) in [6.07, 6.45) is 2.17. The van der Waals surface area contributed by atoms with Crippen molar-refractivity contribution >= 4 is 45.5 Å². The summed E-state index contributed by atoms with van der Waals surface area (Å²) in [6.45, 7) is 1.35. The van der Waals surface area contributed by atoms with Crippen molar-refractivity contribution in [3.8, 4) is 5.75 Å². The van der Waals surface area contributed by atoms with Gasteiger partial charge in [-0.1, -0.05) is 60.1 Å². The predicted molar refractivity (Wildman–Crippen MR) is 133 cm³/mol. The van der Waals surface area contributed by atoms with Gasteiger partial charge in [0.1, 0.15) is 5.75 Å². The van der Waals surface area contributed by atoms with E-state index in [4.69, 9.17) is 28.6 Å². The van der Waals surface area contributed by atoms with E-state index in [2.05, 4.69) is 64.4 Å². The smallest absolute Gasteiger partial charge is 0.174 e. The molecule has 158 valence electrons. The number of methoxy groups -OCH3 is 1. The van der Waals surface area contributed by atoms with Crippen LogP contribution in [0.25, 0.3) is 10.9 Å². The number of fused-ring (bicyclic) bond motifs is 1. The van der Waals surface area contributed by atoms with Gasteiger partial charge in [0.15, 0.2) is 5.11 Å². The van der Waals surface area contributed by atoms with Crippen molar-refractivity contribution in [2.24, 2.45) is 7.05 Å². The molecule has 1 N–H and O–H groups in total. The van der Waals surface area contributed by atoms with Crippen LogP contribution < -0.4 is 10.1 Å². The Kier molecular flexibility index (Phi) is 6.44. The Labute approximate surface area is 193 Å². The Morgan fingerprint density at radius 3 is 2.55 bits per heavy atom. The molecule has 3 aromatic carbocycles. The molecule has 0 bridgehead atoms. The van der Waals surface area contributed by atoms with E-state index in [0.29, 0.717) is 29.0 Å². The van der Waals surface area contributed by atoms with E-state index < -0.39 is 0 Å². The molecule has 0 unspecified atom stereocenters. The van der Waals surface area contributed by atoms with Gasteiger partial charge < -0.3 is 19.5 Å². The van der Waals surface area contributed by atoms with Gasteiger partial charge in [-0.2, -0.15) is 0 Å². The SMILES string of the molecule is COc1ccc(Cl)cc1NC(=S)N(Cc1ccccc1)Cc1cn(C)c2ccccc12. The summed E-state index contributed by atoms with van der Waals surface area (Å²) in [6, 6.07) is 24.2. The molecule has 0 amide bonds. The third-order valence-electron chi connectivity index (χ3n) is 5.25. The van der Waals surface area contributed by atoms with E-state index in [-0.39, 0.29) is 0 Å². The summed E-state index contributed by atoms with van der Waals surface area (Å²) in [5.74, 6) is 0.691. The fourth-order valence-corrected chi connectivity index (χ4v) is 4.14. The second-order valence-corrected chi connectivity index (χ2v) is 8.22. The maximum absolute atomic E-state index is 6.21. The Morgan fingerprint density at radius 1 is 1.03 bits per heavy atom. The van der Waals surface area contributed by atoms with Crippen molar-refractivity contribution in [2.75, 3.05) is 12.4 Å². The van der Waals surface area contributed by atoms with Crippen LogP contribution in [-0.2, 0) is 20.1 Å². The van der Waals surface area contributed by atoms with Crippen LogP contribution in [0.4, 0.5) is 5.69 Å². The maximum atomic E-state index is 6.21. The molecule has 31 heavy (non-hydrogen) atoms. The number of aromatic nitrogens is 1. The highest BCUT2D eigenvalue weighted by atomic mass is 35.5. The van der Waals surface area contributed by atoms with Crippen molar-refractivity contribution in [3.63, 3.8) is 0 Å². The third-order valence-corrected chi connectivity index (χ3v) is 5.84. The van der Waals surface area contributed by atoms with Crippen LogP contribution in [0.3, 0.4) is 0 Å². The molecule has 6 heteroatoms. The molecule has 0 saturated heterocycles. The minimum atomic E-state index is 0.609. The fourth-order valence-electron chi connectivity index (χ4n) is 3.73. The molecule has 0 radical (unpaired) electrons. The van der Waals surface area contributed by atoms with E-state index >= 15 is 0 Å². The number of para-hydroxylation sites is 1. The first-order chi connectivity index (χ1) is 15.0. The lowest BCUT2D eigenvalue weighted by atomic mass is 10.1. The molecule has 4 aromatic rings. The van der Waals surface area contributed by atoms with Gasteiger partial charge in [0.05, 0.1) is 12.8 Å². The normalized spacial score (nSPS) is 10.8. The minimum Gasteiger partial charge on any atom is -0.495 e. The van der Waals surface area contributed by atoms with Crippen molar-refractivity contribution in [2.45, 2.75) is 13.1 Å². The van der Waals surface area contributed by atoms with Crippen molar-refractivity contribution in [1.82, 2.24) is 9.47 Å². The van der Waals surface area contributed by atoms with Gasteiger partial charge in [-0.3, -0.25) is 0 Å². The molecule has 0 spiro atoms. The van der Waals surface area contributed by atoms with Crippen LogP contribution in [0, 0.1) is 0 Å². The zero-order valence-electron chi connectivity index (χ0n) is 17.5. The van der Waals surface area contributed by atoms with E-state index in [9.17, 15) is 0 Å². The summed E-state index contributed by atoms with van der Waals surface area (Å²) in [5.41, 5.74) is 4.35. The third kappa shape index (κ3) is 4.84. The summed E-state index contributed by atoms with van der Waals surface area (Å²) in [7, 11) is 3.70. The molecule has 1 heterocycles. The van der Waals surface area contributed by atoms with Crippen molar-refractivity contribution in [1.29, 1.82) is 0 Å². The Morgan fingerprint density at radius 2 is 1.77 bits per heavy atom. The van der Waals surface area contributed by atoms with Gasteiger partial charge in [-0.05, 0) is 47.6 Å². The Bertz CT molecular complexity index is 1210. The van der Waals surface area contributed by atoms with Crippen LogP contribution in [0.5, 0.6) is 5.75 Å². The van der Waals surface area contributed by atoms with E-state index in [0.717, 1.165) is 5.69 Å². The average Bonchev–Trinajstić information content (AvgIpc) is 3.10. The van der Waals surface area contributed by atoms with Crippen LogP contribution in [-0.4, -0.2) is 21.7 Å². The lowest BCUT2D eigenvalue weighted by Gasteiger charge is -2.26. The topological polar surface area (TPSA) is 29.4 Å². The van der Waals surface area contributed by atoms with Crippen LogP contribution in [0.2, 0.25) is 5.02 Å². The molecule has 0 aliphatic heterocycles. The molecular formula is C25H24ClN3OS. The molecule has 1 aromatic heterocycles. The minimum absolute atomic E-state index is 0.609. The van der Waals surface area contributed by atoms with Gasteiger partial charge in [0.25, 0.3) is 0 Å². The summed E-state index contributed by atoms with van der Waals surface area (Å²) in [4.78, 5) is 2.16. The molecule has 4 rings (SSSR count). The quantitative estimate of drug-likeness (QED) is 0.353. The molecule has 0 aliphatic rings. The number of ether oxygens (including phenoxy) is 1. The first-order valence-corrected chi connectivity index (χ1v) is 10.8. The highest BCUT2D eigenvalue weighted by Gasteiger charge is 2.16. The van der Waals surface area contributed by atoms with Crippen molar-refractivity contribution < 1.29 is 4.74 Å². The van der Waals surface area contributed by atoms with Crippen molar-refractivity contribution in [3.05, 3.63) is 95.1 Å². The van der Waals surface area contributed by atoms with Gasteiger partial charge in [0.2, 0.25) is 0 Å². The number of benzene rings is 3. The van der Waals surface area contributed by atoms with Gasteiger partial charge in [-0.25, -0.2) is 0 Å². The molecule has 0 saturated carbocycles. The molecule has 0 aliphatic carbocycles. The number of hydrogen-bond acceptors (Lipinski definition) is 2. The fraction of sp³-hybridized carbons (Fsp3) is 0.160. The van der Waals surface area contributed by atoms with Crippen LogP contribution >= 0.6 is 23.8 Å². The number of thiocarbonyl (C=S) groups is 1.